The Morgan fingerprint density at radius 3 is 2.46 bits per heavy atom. The summed E-state index contributed by atoms with van der Waals surface area (Å²) in [7, 11) is 1.66. The molecule has 0 atom stereocenters. The van der Waals surface area contributed by atoms with Gasteiger partial charge in [-0.15, -0.1) is 0 Å². The Bertz CT molecular complexity index is 564. The Kier molecular flexibility index (Phi) is 7.18. The smallest absolute Gasteiger partial charge is 0.223 e. The van der Waals surface area contributed by atoms with Crippen molar-refractivity contribution in [2.45, 2.75) is 51.0 Å². The maximum absolute atomic E-state index is 12.5. The number of benzene rings is 1. The molecule has 1 saturated carbocycles. The average Bonchev–Trinajstić information content (AvgIpc) is 2.69. The highest BCUT2D eigenvalue weighted by Crippen LogP contribution is 2.26. The Balaban J connectivity index is 1.35. The first kappa shape index (κ1) is 19.0. The second-order valence-electron chi connectivity index (χ2n) is 7.46. The van der Waals surface area contributed by atoms with Crippen molar-refractivity contribution in [3.8, 4) is 11.5 Å². The molecule has 1 N–H and O–H groups in total. The van der Waals surface area contributed by atoms with Crippen molar-refractivity contribution >= 4 is 5.91 Å². The summed E-state index contributed by atoms with van der Waals surface area (Å²) in [6, 6.07) is 8.15. The number of para-hydroxylation sites is 2. The van der Waals surface area contributed by atoms with Gasteiger partial charge in [0.15, 0.2) is 11.5 Å². The zero-order valence-corrected chi connectivity index (χ0v) is 15.9. The number of ether oxygens (including phenoxy) is 2. The highest BCUT2D eigenvalue weighted by Gasteiger charge is 2.26. The van der Waals surface area contributed by atoms with Crippen LogP contribution in [0.4, 0.5) is 0 Å². The van der Waals surface area contributed by atoms with Crippen molar-refractivity contribution in [3.05, 3.63) is 24.3 Å². The Hall–Kier alpha value is -1.75. The van der Waals surface area contributed by atoms with E-state index >= 15 is 0 Å². The van der Waals surface area contributed by atoms with Crippen LogP contribution in [0.2, 0.25) is 0 Å². The van der Waals surface area contributed by atoms with Crippen LogP contribution in [0, 0.1) is 5.92 Å². The van der Waals surface area contributed by atoms with Gasteiger partial charge in [0, 0.05) is 18.5 Å². The number of carbonyl (C=O) groups excluding carboxylic acids is 1. The lowest BCUT2D eigenvalue weighted by Crippen LogP contribution is -2.45. The molecule has 1 aliphatic carbocycles. The van der Waals surface area contributed by atoms with Crippen LogP contribution in [-0.4, -0.2) is 50.2 Å². The maximum atomic E-state index is 12.5. The normalized spacial score (nSPS) is 19.9. The molecule has 1 aliphatic heterocycles. The van der Waals surface area contributed by atoms with Crippen molar-refractivity contribution in [3.63, 3.8) is 0 Å². The fourth-order valence-corrected chi connectivity index (χ4v) is 4.01. The van der Waals surface area contributed by atoms with Gasteiger partial charge in [0.2, 0.25) is 5.91 Å². The van der Waals surface area contributed by atoms with Crippen LogP contribution >= 0.6 is 0 Å². The van der Waals surface area contributed by atoms with Crippen LogP contribution in [0.15, 0.2) is 24.3 Å². The van der Waals surface area contributed by atoms with Crippen LogP contribution in [0.3, 0.4) is 0 Å². The number of nitrogens with one attached hydrogen (secondary N) is 1. The Labute approximate surface area is 157 Å². The van der Waals surface area contributed by atoms with Gasteiger partial charge in [0.25, 0.3) is 0 Å². The third kappa shape index (κ3) is 5.37. The second kappa shape index (κ2) is 9.81. The van der Waals surface area contributed by atoms with Gasteiger partial charge in [-0.05, 0) is 50.9 Å². The fraction of sp³-hybridized carbons (Fsp3) is 0.667. The standard InChI is InChI=1S/C21H32N2O3/c1-25-19-9-5-6-10-20(19)26-16-15-23-13-11-17(12-14-23)21(24)22-18-7-3-2-4-8-18/h5-6,9-10,17-18H,2-4,7-8,11-16H2,1H3,(H,22,24). The molecule has 3 rings (SSSR count). The van der Waals surface area contributed by atoms with Gasteiger partial charge in [0.1, 0.15) is 6.61 Å². The van der Waals surface area contributed by atoms with E-state index in [9.17, 15) is 4.79 Å². The molecule has 0 spiro atoms. The van der Waals surface area contributed by atoms with Crippen molar-refractivity contribution in [1.29, 1.82) is 0 Å². The third-order valence-electron chi connectivity index (χ3n) is 5.64. The van der Waals surface area contributed by atoms with Crippen molar-refractivity contribution < 1.29 is 14.3 Å². The topological polar surface area (TPSA) is 50.8 Å². The lowest BCUT2D eigenvalue weighted by Gasteiger charge is -2.32. The first-order valence-corrected chi connectivity index (χ1v) is 10.0. The van der Waals surface area contributed by atoms with Crippen molar-refractivity contribution in [2.75, 3.05) is 33.4 Å². The summed E-state index contributed by atoms with van der Waals surface area (Å²) < 4.78 is 11.2. The molecule has 26 heavy (non-hydrogen) atoms. The molecular weight excluding hydrogens is 328 g/mol. The SMILES string of the molecule is COc1ccccc1OCCN1CCC(C(=O)NC2CCCCC2)CC1. The molecule has 2 aliphatic rings. The van der Waals surface area contributed by atoms with Crippen LogP contribution in [0.5, 0.6) is 11.5 Å². The highest BCUT2D eigenvalue weighted by atomic mass is 16.5. The van der Waals surface area contributed by atoms with Crippen LogP contribution in [0.25, 0.3) is 0 Å². The minimum absolute atomic E-state index is 0.184. The maximum Gasteiger partial charge on any atom is 0.223 e. The lowest BCUT2D eigenvalue weighted by molar-refractivity contribution is -0.127. The number of hydrogen-bond donors (Lipinski definition) is 1. The van der Waals surface area contributed by atoms with Gasteiger partial charge in [-0.2, -0.15) is 0 Å². The van der Waals surface area contributed by atoms with E-state index in [4.69, 9.17) is 9.47 Å². The molecule has 1 heterocycles. The van der Waals surface area contributed by atoms with Gasteiger partial charge < -0.3 is 14.8 Å². The summed E-state index contributed by atoms with van der Waals surface area (Å²) in [5.41, 5.74) is 0. The van der Waals surface area contributed by atoms with Crippen LogP contribution in [0.1, 0.15) is 44.9 Å². The van der Waals surface area contributed by atoms with Gasteiger partial charge in [0.05, 0.1) is 7.11 Å². The summed E-state index contributed by atoms with van der Waals surface area (Å²) in [6.07, 6.45) is 8.06. The molecule has 2 fully saturated rings. The number of carbonyl (C=O) groups is 1. The lowest BCUT2D eigenvalue weighted by atomic mass is 9.92. The number of piperidine rings is 1. The molecule has 1 saturated heterocycles. The van der Waals surface area contributed by atoms with E-state index in [-0.39, 0.29) is 11.8 Å². The predicted octanol–water partition coefficient (Wildman–Crippen LogP) is 3.23. The Morgan fingerprint density at radius 2 is 1.77 bits per heavy atom. The van der Waals surface area contributed by atoms with Crippen molar-refractivity contribution in [1.82, 2.24) is 10.2 Å². The molecular formula is C21H32N2O3. The summed E-state index contributed by atoms with van der Waals surface area (Å²) in [5.74, 6) is 2.02. The van der Waals surface area contributed by atoms with Crippen molar-refractivity contribution in [2.24, 2.45) is 5.92 Å². The number of nitrogens with zero attached hydrogens (tertiary/aromatic N) is 1. The molecule has 0 aromatic heterocycles. The van der Waals surface area contributed by atoms with E-state index in [1.807, 2.05) is 24.3 Å². The van der Waals surface area contributed by atoms with Gasteiger partial charge in [-0.25, -0.2) is 0 Å². The molecule has 5 heteroatoms. The quantitative estimate of drug-likeness (QED) is 0.811. The van der Waals surface area contributed by atoms with Gasteiger partial charge >= 0.3 is 0 Å². The van der Waals surface area contributed by atoms with E-state index < -0.39 is 0 Å². The highest BCUT2D eigenvalue weighted by molar-refractivity contribution is 5.79. The summed E-state index contributed by atoms with van der Waals surface area (Å²) in [6.45, 7) is 3.46. The first-order valence-electron chi connectivity index (χ1n) is 10.0. The van der Waals surface area contributed by atoms with Crippen LogP contribution < -0.4 is 14.8 Å². The predicted molar refractivity (Wildman–Crippen MR) is 103 cm³/mol. The average molecular weight is 360 g/mol. The number of likely N-dealkylation sites (tertiary alicyclic amines) is 1. The molecule has 0 unspecified atom stereocenters. The van der Waals surface area contributed by atoms with E-state index in [2.05, 4.69) is 10.2 Å². The monoisotopic (exact) mass is 360 g/mol. The molecule has 144 valence electrons. The fourth-order valence-electron chi connectivity index (χ4n) is 4.01. The molecule has 1 aromatic rings. The summed E-state index contributed by atoms with van der Waals surface area (Å²) >= 11 is 0. The third-order valence-corrected chi connectivity index (χ3v) is 5.64. The molecule has 0 radical (unpaired) electrons. The minimum atomic E-state index is 0.184. The molecule has 1 aromatic carbocycles. The van der Waals surface area contributed by atoms with E-state index in [0.717, 1.165) is 56.8 Å². The molecule has 1 amide bonds. The number of methoxy groups -OCH3 is 1. The Morgan fingerprint density at radius 1 is 1.08 bits per heavy atom. The van der Waals surface area contributed by atoms with E-state index in [1.54, 1.807) is 7.11 Å². The number of rotatable bonds is 7. The summed E-state index contributed by atoms with van der Waals surface area (Å²) in [4.78, 5) is 14.9. The van der Waals surface area contributed by atoms with E-state index in [1.165, 1.54) is 19.3 Å². The summed E-state index contributed by atoms with van der Waals surface area (Å²) in [5, 5.41) is 3.28. The van der Waals surface area contributed by atoms with E-state index in [0.29, 0.717) is 12.6 Å². The number of hydrogen-bond acceptors (Lipinski definition) is 4. The first-order chi connectivity index (χ1) is 12.8. The zero-order chi connectivity index (χ0) is 18.2. The van der Waals surface area contributed by atoms with Gasteiger partial charge in [-0.3, -0.25) is 9.69 Å². The molecule has 0 bridgehead atoms. The number of amides is 1. The largest absolute Gasteiger partial charge is 0.493 e. The minimum Gasteiger partial charge on any atom is -0.493 e. The van der Waals surface area contributed by atoms with Crippen LogP contribution in [-0.2, 0) is 4.79 Å². The second-order valence-corrected chi connectivity index (χ2v) is 7.46. The molecule has 5 nitrogen and oxygen atoms in total. The zero-order valence-electron chi connectivity index (χ0n) is 15.9. The van der Waals surface area contributed by atoms with Gasteiger partial charge in [-0.1, -0.05) is 31.4 Å².